The van der Waals surface area contributed by atoms with E-state index in [4.69, 9.17) is 5.11 Å². The molecule has 1 rings (SSSR count). The zero-order valence-corrected chi connectivity index (χ0v) is 13.5. The van der Waals surface area contributed by atoms with Crippen LogP contribution in [0.4, 0.5) is 0 Å². The van der Waals surface area contributed by atoms with Gasteiger partial charge in [-0.2, -0.15) is 4.72 Å². The Labute approximate surface area is 126 Å². The molecule has 1 atom stereocenters. The number of aliphatic carboxylic acids is 1. The lowest BCUT2D eigenvalue weighted by molar-refractivity contribution is -0.139. The minimum absolute atomic E-state index is 0.0923. The predicted octanol–water partition coefficient (Wildman–Crippen LogP) is 2.73. The lowest BCUT2D eigenvalue weighted by Gasteiger charge is -2.15. The van der Waals surface area contributed by atoms with E-state index >= 15 is 0 Å². The van der Waals surface area contributed by atoms with Gasteiger partial charge in [0.25, 0.3) is 0 Å². The molecule has 0 unspecified atom stereocenters. The number of carboxylic acid groups (broad SMARTS) is 1. The molecule has 0 amide bonds. The van der Waals surface area contributed by atoms with E-state index in [2.05, 4.69) is 4.72 Å². The number of carbonyl (C=O) groups is 1. The first kappa shape index (κ1) is 17.7. The van der Waals surface area contributed by atoms with Gasteiger partial charge in [0.1, 0.15) is 6.04 Å². The fourth-order valence-corrected chi connectivity index (χ4v) is 3.15. The number of carboxylic acids is 1. The maximum atomic E-state index is 12.2. The van der Waals surface area contributed by atoms with Crippen LogP contribution in [0, 0.1) is 0 Å². The zero-order chi connectivity index (χ0) is 16.0. The first-order valence-corrected chi connectivity index (χ1v) is 8.61. The number of rotatable bonds is 8. The number of benzene rings is 1. The van der Waals surface area contributed by atoms with Gasteiger partial charge >= 0.3 is 5.97 Å². The number of sulfonamides is 1. The second-order valence-corrected chi connectivity index (χ2v) is 7.09. The summed E-state index contributed by atoms with van der Waals surface area (Å²) < 4.78 is 26.7. The van der Waals surface area contributed by atoms with E-state index in [0.29, 0.717) is 12.3 Å². The summed E-state index contributed by atoms with van der Waals surface area (Å²) in [5.74, 6) is -0.836. The van der Waals surface area contributed by atoms with Crippen molar-refractivity contribution in [3.63, 3.8) is 0 Å². The summed E-state index contributed by atoms with van der Waals surface area (Å²) in [6.45, 7) is 5.97. The van der Waals surface area contributed by atoms with Crippen molar-refractivity contribution in [2.75, 3.05) is 0 Å². The summed E-state index contributed by atoms with van der Waals surface area (Å²) in [5, 5.41) is 9.10. The Morgan fingerprint density at radius 3 is 2.24 bits per heavy atom. The average molecular weight is 313 g/mol. The van der Waals surface area contributed by atoms with E-state index in [9.17, 15) is 13.2 Å². The van der Waals surface area contributed by atoms with Crippen LogP contribution in [-0.2, 0) is 14.8 Å². The van der Waals surface area contributed by atoms with Crippen molar-refractivity contribution >= 4 is 16.0 Å². The Morgan fingerprint density at radius 1 is 1.24 bits per heavy atom. The Kier molecular flexibility index (Phi) is 6.36. The molecule has 0 fully saturated rings. The van der Waals surface area contributed by atoms with Crippen LogP contribution in [0.25, 0.3) is 0 Å². The number of unbranched alkanes of at least 4 members (excludes halogenated alkanes) is 1. The number of hydrogen-bond acceptors (Lipinski definition) is 3. The Balaban J connectivity index is 2.91. The van der Waals surface area contributed by atoms with E-state index in [1.165, 1.54) is 12.1 Å². The lowest BCUT2D eigenvalue weighted by atomic mass is 10.0. The van der Waals surface area contributed by atoms with Gasteiger partial charge in [0.2, 0.25) is 10.0 Å². The zero-order valence-electron chi connectivity index (χ0n) is 12.7. The van der Waals surface area contributed by atoms with Crippen molar-refractivity contribution in [2.45, 2.75) is 56.9 Å². The molecular weight excluding hydrogens is 290 g/mol. The van der Waals surface area contributed by atoms with Gasteiger partial charge in [-0.05, 0) is 30.0 Å². The van der Waals surface area contributed by atoms with Gasteiger partial charge in [0.15, 0.2) is 0 Å². The average Bonchev–Trinajstić information content (AvgIpc) is 2.43. The molecule has 118 valence electrons. The maximum absolute atomic E-state index is 12.2. The summed E-state index contributed by atoms with van der Waals surface area (Å²) in [4.78, 5) is 11.2. The molecule has 6 heteroatoms. The first-order chi connectivity index (χ1) is 9.77. The molecule has 2 N–H and O–H groups in total. The molecule has 21 heavy (non-hydrogen) atoms. The Bertz CT molecular complexity index is 564. The highest BCUT2D eigenvalue weighted by molar-refractivity contribution is 7.89. The summed E-state index contributed by atoms with van der Waals surface area (Å²) >= 11 is 0. The van der Waals surface area contributed by atoms with Crippen molar-refractivity contribution in [3.05, 3.63) is 29.8 Å². The third kappa shape index (κ3) is 5.13. The molecule has 0 aromatic heterocycles. The van der Waals surface area contributed by atoms with Gasteiger partial charge in [-0.15, -0.1) is 0 Å². The minimum Gasteiger partial charge on any atom is -0.480 e. The van der Waals surface area contributed by atoms with Crippen LogP contribution in [0.1, 0.15) is 51.5 Å². The molecule has 0 aliphatic carbocycles. The van der Waals surface area contributed by atoms with E-state index in [-0.39, 0.29) is 11.3 Å². The Hall–Kier alpha value is -1.40. The predicted molar refractivity (Wildman–Crippen MR) is 81.8 cm³/mol. The van der Waals surface area contributed by atoms with E-state index in [0.717, 1.165) is 12.0 Å². The SMILES string of the molecule is CCCC[C@@H](NS(=O)(=O)c1ccc(C(C)C)cc1)C(=O)O. The van der Waals surface area contributed by atoms with Crippen molar-refractivity contribution in [2.24, 2.45) is 0 Å². The van der Waals surface area contributed by atoms with Gasteiger partial charge in [-0.25, -0.2) is 8.42 Å². The van der Waals surface area contributed by atoms with Gasteiger partial charge in [0.05, 0.1) is 4.90 Å². The topological polar surface area (TPSA) is 83.5 Å². The highest BCUT2D eigenvalue weighted by Crippen LogP contribution is 2.18. The van der Waals surface area contributed by atoms with E-state index < -0.39 is 22.0 Å². The molecule has 5 nitrogen and oxygen atoms in total. The molecule has 0 saturated carbocycles. The molecular formula is C15H23NO4S. The quantitative estimate of drug-likeness (QED) is 0.773. The molecule has 0 aliphatic rings. The standard InChI is InChI=1S/C15H23NO4S/c1-4-5-6-14(15(17)18)16-21(19,20)13-9-7-12(8-10-13)11(2)3/h7-11,14,16H,4-6H2,1-3H3,(H,17,18)/t14-/m1/s1. The normalized spacial score (nSPS) is 13.3. The van der Waals surface area contributed by atoms with E-state index in [1.54, 1.807) is 12.1 Å². The third-order valence-electron chi connectivity index (χ3n) is 3.30. The van der Waals surface area contributed by atoms with Crippen molar-refractivity contribution < 1.29 is 18.3 Å². The fraction of sp³-hybridized carbons (Fsp3) is 0.533. The van der Waals surface area contributed by atoms with Crippen LogP contribution in [-0.4, -0.2) is 25.5 Å². The van der Waals surface area contributed by atoms with Gasteiger partial charge in [-0.1, -0.05) is 45.7 Å². The number of nitrogens with one attached hydrogen (secondary N) is 1. The summed E-state index contributed by atoms with van der Waals surface area (Å²) in [6.07, 6.45) is 1.76. The highest BCUT2D eigenvalue weighted by Gasteiger charge is 2.24. The minimum atomic E-state index is -3.81. The fourth-order valence-electron chi connectivity index (χ4n) is 1.93. The molecule has 0 heterocycles. The van der Waals surface area contributed by atoms with Gasteiger partial charge in [0, 0.05) is 0 Å². The third-order valence-corrected chi connectivity index (χ3v) is 4.79. The van der Waals surface area contributed by atoms with Crippen molar-refractivity contribution in [3.8, 4) is 0 Å². The molecule has 1 aromatic carbocycles. The molecule has 0 aliphatic heterocycles. The van der Waals surface area contributed by atoms with Gasteiger partial charge in [-0.3, -0.25) is 4.79 Å². The monoisotopic (exact) mass is 313 g/mol. The van der Waals surface area contributed by atoms with Crippen LogP contribution in [0.5, 0.6) is 0 Å². The van der Waals surface area contributed by atoms with Crippen LogP contribution in [0.2, 0.25) is 0 Å². The first-order valence-electron chi connectivity index (χ1n) is 7.13. The molecule has 0 spiro atoms. The summed E-state index contributed by atoms with van der Waals surface area (Å²) in [7, 11) is -3.81. The Morgan fingerprint density at radius 2 is 1.81 bits per heavy atom. The molecule has 0 radical (unpaired) electrons. The van der Waals surface area contributed by atoms with Crippen molar-refractivity contribution in [1.82, 2.24) is 4.72 Å². The number of hydrogen-bond donors (Lipinski definition) is 2. The summed E-state index contributed by atoms with van der Waals surface area (Å²) in [6, 6.07) is 5.44. The van der Waals surface area contributed by atoms with Crippen LogP contribution in [0.15, 0.2) is 29.2 Å². The van der Waals surface area contributed by atoms with E-state index in [1.807, 2.05) is 20.8 Å². The van der Waals surface area contributed by atoms with Crippen molar-refractivity contribution in [1.29, 1.82) is 0 Å². The molecule has 0 saturated heterocycles. The lowest BCUT2D eigenvalue weighted by Crippen LogP contribution is -2.40. The molecule has 1 aromatic rings. The summed E-state index contributed by atoms with van der Waals surface area (Å²) in [5.41, 5.74) is 1.04. The maximum Gasteiger partial charge on any atom is 0.321 e. The highest BCUT2D eigenvalue weighted by atomic mass is 32.2. The van der Waals surface area contributed by atoms with Crippen LogP contribution in [0.3, 0.4) is 0 Å². The largest absolute Gasteiger partial charge is 0.480 e. The smallest absolute Gasteiger partial charge is 0.321 e. The van der Waals surface area contributed by atoms with Gasteiger partial charge < -0.3 is 5.11 Å². The van der Waals surface area contributed by atoms with Crippen LogP contribution < -0.4 is 4.72 Å². The second kappa shape index (κ2) is 7.56. The molecule has 0 bridgehead atoms. The second-order valence-electron chi connectivity index (χ2n) is 5.38. The van der Waals surface area contributed by atoms with Crippen LogP contribution >= 0.6 is 0 Å².